The number of benzene rings is 1. The van der Waals surface area contributed by atoms with Gasteiger partial charge >= 0.3 is 0 Å². The average Bonchev–Trinajstić information content (AvgIpc) is 2.71. The van der Waals surface area contributed by atoms with Gasteiger partial charge in [-0.2, -0.15) is 0 Å². The van der Waals surface area contributed by atoms with Crippen LogP contribution in [0.3, 0.4) is 0 Å². The summed E-state index contributed by atoms with van der Waals surface area (Å²) in [5.74, 6) is -0.0787. The van der Waals surface area contributed by atoms with Crippen molar-refractivity contribution < 1.29 is 9.53 Å². The summed E-state index contributed by atoms with van der Waals surface area (Å²) in [6.07, 6.45) is 0. The molecule has 1 aromatic rings. The highest BCUT2D eigenvalue weighted by Gasteiger charge is 2.44. The molecule has 3 N–H and O–H groups in total. The molecule has 0 spiro atoms. The molecule has 1 fully saturated rings. The maximum absolute atomic E-state index is 12.3. The van der Waals surface area contributed by atoms with Gasteiger partial charge in [0.05, 0.1) is 24.7 Å². The van der Waals surface area contributed by atoms with Crippen molar-refractivity contribution in [2.45, 2.75) is 25.9 Å². The Labute approximate surface area is 118 Å². The number of ether oxygens (including phenoxy) is 1. The van der Waals surface area contributed by atoms with Gasteiger partial charge in [-0.3, -0.25) is 4.79 Å². The lowest BCUT2D eigenvalue weighted by atomic mass is 9.84. The van der Waals surface area contributed by atoms with E-state index in [-0.39, 0.29) is 18.0 Å². The van der Waals surface area contributed by atoms with Crippen LogP contribution in [0.1, 0.15) is 25.5 Å². The van der Waals surface area contributed by atoms with E-state index in [0.29, 0.717) is 18.2 Å². The van der Waals surface area contributed by atoms with Crippen molar-refractivity contribution in [3.05, 3.63) is 34.9 Å². The first-order valence-electron chi connectivity index (χ1n) is 6.33. The summed E-state index contributed by atoms with van der Waals surface area (Å²) in [6, 6.07) is 7.08. The lowest BCUT2D eigenvalue weighted by Gasteiger charge is -2.27. The second-order valence-corrected chi connectivity index (χ2v) is 5.73. The van der Waals surface area contributed by atoms with Crippen LogP contribution in [0, 0.1) is 5.41 Å². The molecule has 19 heavy (non-hydrogen) atoms. The number of carbonyl (C=O) groups is 1. The van der Waals surface area contributed by atoms with E-state index in [1.807, 2.05) is 38.1 Å². The molecule has 104 valence electrons. The minimum absolute atomic E-state index is 0.0787. The van der Waals surface area contributed by atoms with Crippen molar-refractivity contribution in [1.29, 1.82) is 0 Å². The number of amides is 1. The third-order valence-corrected chi connectivity index (χ3v) is 3.97. The highest BCUT2D eigenvalue weighted by atomic mass is 35.5. The second-order valence-electron chi connectivity index (χ2n) is 5.29. The Bertz CT molecular complexity index is 480. The first-order chi connectivity index (χ1) is 8.93. The number of nitrogens with one attached hydrogen (secondary N) is 1. The molecular formula is C14H19ClN2O2. The topological polar surface area (TPSA) is 64.3 Å². The predicted molar refractivity (Wildman–Crippen MR) is 74.9 cm³/mol. The van der Waals surface area contributed by atoms with Crippen molar-refractivity contribution in [3.63, 3.8) is 0 Å². The summed E-state index contributed by atoms with van der Waals surface area (Å²) in [5.41, 5.74) is 6.26. The van der Waals surface area contributed by atoms with Gasteiger partial charge < -0.3 is 15.8 Å². The van der Waals surface area contributed by atoms with E-state index in [2.05, 4.69) is 5.32 Å². The SMILES string of the molecule is C[C@@H](NC(=O)C1(C)COCC1N)c1cccc(Cl)c1. The van der Waals surface area contributed by atoms with Crippen LogP contribution in [0.2, 0.25) is 5.02 Å². The summed E-state index contributed by atoms with van der Waals surface area (Å²) >= 11 is 5.95. The molecule has 5 heteroatoms. The average molecular weight is 283 g/mol. The Morgan fingerprint density at radius 2 is 2.37 bits per heavy atom. The lowest BCUT2D eigenvalue weighted by Crippen LogP contribution is -2.50. The summed E-state index contributed by atoms with van der Waals surface area (Å²) in [7, 11) is 0. The molecule has 0 aliphatic carbocycles. The van der Waals surface area contributed by atoms with Gasteiger partial charge in [-0.25, -0.2) is 0 Å². The number of carbonyl (C=O) groups excluding carboxylic acids is 1. The van der Waals surface area contributed by atoms with Crippen LogP contribution in [-0.4, -0.2) is 25.2 Å². The van der Waals surface area contributed by atoms with Crippen LogP contribution in [-0.2, 0) is 9.53 Å². The largest absolute Gasteiger partial charge is 0.379 e. The van der Waals surface area contributed by atoms with E-state index in [4.69, 9.17) is 22.1 Å². The molecule has 2 rings (SSSR count). The zero-order chi connectivity index (χ0) is 14.0. The Kier molecular flexibility index (Phi) is 4.13. The molecule has 1 amide bonds. The molecule has 3 atom stereocenters. The number of hydrogen-bond donors (Lipinski definition) is 2. The van der Waals surface area contributed by atoms with Crippen molar-refractivity contribution in [2.24, 2.45) is 11.1 Å². The molecule has 1 aliphatic rings. The Hall–Kier alpha value is -1.10. The predicted octanol–water partition coefficient (Wildman–Crippen LogP) is 1.88. The third-order valence-electron chi connectivity index (χ3n) is 3.73. The first-order valence-corrected chi connectivity index (χ1v) is 6.71. The smallest absolute Gasteiger partial charge is 0.230 e. The van der Waals surface area contributed by atoms with Gasteiger partial charge in [0.25, 0.3) is 0 Å². The molecule has 1 aliphatic heterocycles. The standard InChI is InChI=1S/C14H19ClN2O2/c1-9(10-4-3-5-11(15)6-10)17-13(18)14(2)8-19-7-12(14)16/h3-6,9,12H,7-8,16H2,1-2H3,(H,17,18)/t9-,12?,14?/m1/s1. The lowest BCUT2D eigenvalue weighted by molar-refractivity contribution is -0.131. The Morgan fingerprint density at radius 1 is 1.63 bits per heavy atom. The van der Waals surface area contributed by atoms with Crippen molar-refractivity contribution >= 4 is 17.5 Å². The minimum Gasteiger partial charge on any atom is -0.379 e. The second kappa shape index (κ2) is 5.49. The third kappa shape index (κ3) is 2.91. The Morgan fingerprint density at radius 3 is 2.95 bits per heavy atom. The molecule has 4 nitrogen and oxygen atoms in total. The zero-order valence-corrected chi connectivity index (χ0v) is 11.9. The molecule has 1 saturated heterocycles. The molecule has 2 unspecified atom stereocenters. The first kappa shape index (κ1) is 14.3. The molecule has 0 radical (unpaired) electrons. The number of hydrogen-bond acceptors (Lipinski definition) is 3. The van der Waals surface area contributed by atoms with E-state index in [1.165, 1.54) is 0 Å². The minimum atomic E-state index is -0.660. The maximum Gasteiger partial charge on any atom is 0.230 e. The van der Waals surface area contributed by atoms with Gasteiger partial charge in [-0.15, -0.1) is 0 Å². The van der Waals surface area contributed by atoms with Crippen LogP contribution in [0.15, 0.2) is 24.3 Å². The van der Waals surface area contributed by atoms with Gasteiger partial charge in [0, 0.05) is 11.1 Å². The van der Waals surface area contributed by atoms with E-state index >= 15 is 0 Å². The maximum atomic E-state index is 12.3. The number of halogens is 1. The molecule has 1 aromatic carbocycles. The molecular weight excluding hydrogens is 264 g/mol. The highest BCUT2D eigenvalue weighted by Crippen LogP contribution is 2.28. The van der Waals surface area contributed by atoms with Gasteiger partial charge in [0.1, 0.15) is 0 Å². The molecule has 0 aromatic heterocycles. The number of nitrogens with two attached hydrogens (primary N) is 1. The van der Waals surface area contributed by atoms with Crippen LogP contribution >= 0.6 is 11.6 Å². The van der Waals surface area contributed by atoms with Crippen molar-refractivity contribution in [1.82, 2.24) is 5.32 Å². The number of rotatable bonds is 3. The molecule has 0 bridgehead atoms. The molecule has 1 heterocycles. The fourth-order valence-corrected chi connectivity index (χ4v) is 2.34. The van der Waals surface area contributed by atoms with Gasteiger partial charge in [-0.1, -0.05) is 23.7 Å². The summed E-state index contributed by atoms with van der Waals surface area (Å²) in [6.45, 7) is 4.55. The van der Waals surface area contributed by atoms with E-state index < -0.39 is 5.41 Å². The summed E-state index contributed by atoms with van der Waals surface area (Å²) in [4.78, 5) is 12.3. The fraction of sp³-hybridized carbons (Fsp3) is 0.500. The van der Waals surface area contributed by atoms with Gasteiger partial charge in [0.2, 0.25) is 5.91 Å². The normalized spacial score (nSPS) is 28.1. The van der Waals surface area contributed by atoms with Crippen LogP contribution in [0.25, 0.3) is 0 Å². The van der Waals surface area contributed by atoms with Crippen molar-refractivity contribution in [2.75, 3.05) is 13.2 Å². The van der Waals surface area contributed by atoms with E-state index in [1.54, 1.807) is 0 Å². The van der Waals surface area contributed by atoms with Crippen molar-refractivity contribution in [3.8, 4) is 0 Å². The van der Waals surface area contributed by atoms with Gasteiger partial charge in [-0.05, 0) is 31.5 Å². The Balaban J connectivity index is 2.07. The quantitative estimate of drug-likeness (QED) is 0.890. The van der Waals surface area contributed by atoms with Crippen LogP contribution in [0.5, 0.6) is 0 Å². The monoisotopic (exact) mass is 282 g/mol. The van der Waals surface area contributed by atoms with E-state index in [9.17, 15) is 4.79 Å². The zero-order valence-electron chi connectivity index (χ0n) is 11.2. The van der Waals surface area contributed by atoms with Crippen LogP contribution < -0.4 is 11.1 Å². The molecule has 0 saturated carbocycles. The van der Waals surface area contributed by atoms with Crippen LogP contribution in [0.4, 0.5) is 0 Å². The van der Waals surface area contributed by atoms with E-state index in [0.717, 1.165) is 5.56 Å². The summed E-state index contributed by atoms with van der Waals surface area (Å²) < 4.78 is 5.29. The summed E-state index contributed by atoms with van der Waals surface area (Å²) in [5, 5.41) is 3.64. The highest BCUT2D eigenvalue weighted by molar-refractivity contribution is 6.30. The fourth-order valence-electron chi connectivity index (χ4n) is 2.14. The van der Waals surface area contributed by atoms with Gasteiger partial charge in [0.15, 0.2) is 0 Å².